The molecule has 0 spiro atoms. The predicted octanol–water partition coefficient (Wildman–Crippen LogP) is 2.22. The molecule has 2 aromatic heterocycles. The van der Waals surface area contributed by atoms with Crippen molar-refractivity contribution in [2.75, 3.05) is 0 Å². The summed E-state index contributed by atoms with van der Waals surface area (Å²) in [5.41, 5.74) is 2.52. The molecule has 0 saturated carbocycles. The fraction of sp³-hybridized carbons (Fsp3) is 0.0526. The minimum Gasteiger partial charge on any atom is -0.266 e. The van der Waals surface area contributed by atoms with Crippen LogP contribution in [0, 0.1) is 18.3 Å². The van der Waals surface area contributed by atoms with E-state index < -0.39 is 11.5 Å². The zero-order valence-corrected chi connectivity index (χ0v) is 15.4. The zero-order valence-electron chi connectivity index (χ0n) is 14.6. The molecule has 0 unspecified atom stereocenters. The molecule has 0 aliphatic heterocycles. The molecular weight excluding hydrogens is 380 g/mol. The summed E-state index contributed by atoms with van der Waals surface area (Å²) < 4.78 is 0.985. The number of hydrogen-bond acceptors (Lipinski definition) is 6. The molecule has 0 fully saturated rings. The highest BCUT2D eigenvalue weighted by Crippen LogP contribution is 2.13. The Morgan fingerprint density at radius 3 is 2.68 bits per heavy atom. The van der Waals surface area contributed by atoms with Crippen molar-refractivity contribution >= 4 is 23.7 Å². The maximum absolute atomic E-state index is 12.6. The molecular formula is C19H13ClN6O2. The fourth-order valence-corrected chi connectivity index (χ4v) is 2.50. The Hall–Kier alpha value is -3.83. The first-order chi connectivity index (χ1) is 13.5. The summed E-state index contributed by atoms with van der Waals surface area (Å²) in [5.74, 6) is -0.663. The number of rotatable bonds is 4. The minimum atomic E-state index is -0.663. The normalized spacial score (nSPS) is 10.6. The second kappa shape index (κ2) is 8.24. The molecule has 2 heterocycles. The molecule has 0 atom stereocenters. The van der Waals surface area contributed by atoms with Crippen LogP contribution >= 0.6 is 11.6 Å². The van der Waals surface area contributed by atoms with E-state index in [1.807, 2.05) is 6.07 Å². The first-order valence-electron chi connectivity index (χ1n) is 8.05. The first-order valence-corrected chi connectivity index (χ1v) is 8.43. The second-order valence-electron chi connectivity index (χ2n) is 5.61. The minimum absolute atomic E-state index is 0.0933. The van der Waals surface area contributed by atoms with Crippen LogP contribution < -0.4 is 11.0 Å². The van der Waals surface area contributed by atoms with Crippen LogP contribution in [0.4, 0.5) is 0 Å². The Kier molecular flexibility index (Phi) is 5.58. The van der Waals surface area contributed by atoms with Crippen LogP contribution in [-0.2, 0) is 0 Å². The van der Waals surface area contributed by atoms with Gasteiger partial charge in [-0.2, -0.15) is 20.1 Å². The molecule has 0 saturated heterocycles. The molecule has 1 N–H and O–H groups in total. The van der Waals surface area contributed by atoms with Gasteiger partial charge in [0.1, 0.15) is 11.6 Å². The SMILES string of the molecule is Cc1c(C(=O)N/N=C\c2ccccn2)nn(-c2ccc(Cl)cc2)c(=O)c1C#N. The average molecular weight is 393 g/mol. The van der Waals surface area contributed by atoms with Gasteiger partial charge in [0.05, 0.1) is 17.6 Å². The Morgan fingerprint density at radius 2 is 2.04 bits per heavy atom. The van der Waals surface area contributed by atoms with E-state index in [0.717, 1.165) is 4.68 Å². The summed E-state index contributed by atoms with van der Waals surface area (Å²) in [7, 11) is 0. The monoisotopic (exact) mass is 392 g/mol. The molecule has 28 heavy (non-hydrogen) atoms. The maximum Gasteiger partial charge on any atom is 0.292 e. The van der Waals surface area contributed by atoms with E-state index in [1.54, 1.807) is 48.7 Å². The molecule has 1 aromatic carbocycles. The van der Waals surface area contributed by atoms with Crippen LogP contribution in [0.3, 0.4) is 0 Å². The van der Waals surface area contributed by atoms with E-state index in [-0.39, 0.29) is 16.8 Å². The molecule has 9 heteroatoms. The molecule has 138 valence electrons. The Bertz CT molecular complexity index is 1150. The van der Waals surface area contributed by atoms with Crippen molar-refractivity contribution in [2.45, 2.75) is 6.92 Å². The van der Waals surface area contributed by atoms with E-state index in [2.05, 4.69) is 20.6 Å². The van der Waals surface area contributed by atoms with E-state index in [9.17, 15) is 14.9 Å². The number of carbonyl (C=O) groups excluding carboxylic acids is 1. The topological polar surface area (TPSA) is 113 Å². The summed E-state index contributed by atoms with van der Waals surface area (Å²) in [4.78, 5) is 29.1. The predicted molar refractivity (Wildman–Crippen MR) is 104 cm³/mol. The molecule has 0 bridgehead atoms. The summed E-state index contributed by atoms with van der Waals surface area (Å²) in [5, 5.41) is 17.8. The quantitative estimate of drug-likeness (QED) is 0.540. The number of hydrogen-bond donors (Lipinski definition) is 1. The average Bonchev–Trinajstić information content (AvgIpc) is 2.70. The van der Waals surface area contributed by atoms with Crippen LogP contribution in [-0.4, -0.2) is 26.9 Å². The van der Waals surface area contributed by atoms with Crippen molar-refractivity contribution in [3.63, 3.8) is 0 Å². The summed E-state index contributed by atoms with van der Waals surface area (Å²) in [6.45, 7) is 1.48. The Morgan fingerprint density at radius 1 is 1.29 bits per heavy atom. The third kappa shape index (κ3) is 3.95. The van der Waals surface area contributed by atoms with Crippen LogP contribution in [0.15, 0.2) is 58.6 Å². The summed E-state index contributed by atoms with van der Waals surface area (Å²) in [6, 6.07) is 13.4. The van der Waals surface area contributed by atoms with Crippen molar-refractivity contribution in [1.82, 2.24) is 20.2 Å². The number of benzene rings is 1. The third-order valence-electron chi connectivity index (χ3n) is 3.79. The lowest BCUT2D eigenvalue weighted by Crippen LogP contribution is -2.31. The van der Waals surface area contributed by atoms with Gasteiger partial charge in [-0.05, 0) is 43.3 Å². The van der Waals surface area contributed by atoms with Gasteiger partial charge in [-0.15, -0.1) is 0 Å². The molecule has 3 rings (SSSR count). The highest BCUT2D eigenvalue weighted by Gasteiger charge is 2.20. The fourth-order valence-electron chi connectivity index (χ4n) is 2.37. The van der Waals surface area contributed by atoms with E-state index in [1.165, 1.54) is 13.1 Å². The van der Waals surface area contributed by atoms with Crippen LogP contribution in [0.25, 0.3) is 5.69 Å². The maximum atomic E-state index is 12.6. The lowest BCUT2D eigenvalue weighted by Gasteiger charge is -2.10. The summed E-state index contributed by atoms with van der Waals surface area (Å²) in [6.07, 6.45) is 2.96. The highest BCUT2D eigenvalue weighted by atomic mass is 35.5. The smallest absolute Gasteiger partial charge is 0.266 e. The van der Waals surface area contributed by atoms with E-state index in [0.29, 0.717) is 16.4 Å². The van der Waals surface area contributed by atoms with Gasteiger partial charge in [0.15, 0.2) is 5.69 Å². The van der Waals surface area contributed by atoms with Crippen LogP contribution in [0.2, 0.25) is 5.02 Å². The number of amides is 1. The Labute approximate surface area is 164 Å². The van der Waals surface area contributed by atoms with Crippen molar-refractivity contribution in [3.05, 3.63) is 86.6 Å². The van der Waals surface area contributed by atoms with Gasteiger partial charge in [0.25, 0.3) is 11.5 Å². The van der Waals surface area contributed by atoms with Gasteiger partial charge in [-0.25, -0.2) is 5.43 Å². The van der Waals surface area contributed by atoms with Crippen LogP contribution in [0.5, 0.6) is 0 Å². The number of nitrogens with one attached hydrogen (secondary N) is 1. The third-order valence-corrected chi connectivity index (χ3v) is 4.04. The lowest BCUT2D eigenvalue weighted by molar-refractivity contribution is 0.0947. The number of nitrogens with zero attached hydrogens (tertiary/aromatic N) is 5. The van der Waals surface area contributed by atoms with Crippen LogP contribution in [0.1, 0.15) is 27.3 Å². The highest BCUT2D eigenvalue weighted by molar-refractivity contribution is 6.30. The van der Waals surface area contributed by atoms with Crippen molar-refractivity contribution in [3.8, 4) is 11.8 Å². The number of pyridine rings is 1. The summed E-state index contributed by atoms with van der Waals surface area (Å²) >= 11 is 5.87. The van der Waals surface area contributed by atoms with Gasteiger partial charge in [0.2, 0.25) is 0 Å². The van der Waals surface area contributed by atoms with Gasteiger partial charge in [-0.1, -0.05) is 17.7 Å². The number of carbonyl (C=O) groups is 1. The van der Waals surface area contributed by atoms with Gasteiger partial charge in [0, 0.05) is 16.8 Å². The molecule has 0 aliphatic carbocycles. The second-order valence-corrected chi connectivity index (χ2v) is 6.04. The standard InChI is InChI=1S/C19H13ClN6O2/c1-12-16(10-21)19(28)26(15-7-5-13(20)6-8-15)25-17(12)18(27)24-23-11-14-4-2-3-9-22-14/h2-9,11H,1H3,(H,24,27)/b23-11-. The van der Waals surface area contributed by atoms with Crippen molar-refractivity contribution < 1.29 is 4.79 Å². The molecule has 0 aliphatic rings. The number of halogens is 1. The van der Waals surface area contributed by atoms with Gasteiger partial charge >= 0.3 is 0 Å². The first kappa shape index (κ1) is 18.9. The Balaban J connectivity index is 1.98. The van der Waals surface area contributed by atoms with E-state index in [4.69, 9.17) is 11.6 Å². The molecule has 0 radical (unpaired) electrons. The van der Waals surface area contributed by atoms with Gasteiger partial charge < -0.3 is 0 Å². The number of hydrazone groups is 1. The van der Waals surface area contributed by atoms with Crippen molar-refractivity contribution in [2.24, 2.45) is 5.10 Å². The largest absolute Gasteiger partial charge is 0.292 e. The van der Waals surface area contributed by atoms with E-state index >= 15 is 0 Å². The molecule has 8 nitrogen and oxygen atoms in total. The molecule has 3 aromatic rings. The molecule has 1 amide bonds. The zero-order chi connectivity index (χ0) is 20.1. The van der Waals surface area contributed by atoms with Crippen molar-refractivity contribution in [1.29, 1.82) is 5.26 Å². The lowest BCUT2D eigenvalue weighted by atomic mass is 10.1. The number of aromatic nitrogens is 3. The number of nitriles is 1. The van der Waals surface area contributed by atoms with Gasteiger partial charge in [-0.3, -0.25) is 14.6 Å².